The molecule has 1 rings (SSSR count). The van der Waals surface area contributed by atoms with Crippen LogP contribution in [-0.4, -0.2) is 6.10 Å². The average Bonchev–Trinajstić information content (AvgIpc) is 2.24. The van der Waals surface area contributed by atoms with Crippen molar-refractivity contribution in [3.8, 4) is 0 Å². The van der Waals surface area contributed by atoms with Crippen LogP contribution in [0.1, 0.15) is 84.5 Å². The van der Waals surface area contributed by atoms with Gasteiger partial charge in [0, 0.05) is 6.42 Å². The van der Waals surface area contributed by atoms with Crippen molar-refractivity contribution < 1.29 is 4.74 Å². The molecule has 1 nitrogen and oxygen atoms in total. The van der Waals surface area contributed by atoms with Gasteiger partial charge < -0.3 is 4.74 Å². The van der Waals surface area contributed by atoms with E-state index >= 15 is 0 Å². The molecule has 1 fully saturated rings. The molecule has 0 bridgehead atoms. The zero-order valence-corrected chi connectivity index (χ0v) is 11.3. The van der Waals surface area contributed by atoms with Crippen LogP contribution in [0.2, 0.25) is 0 Å². The molecule has 0 amide bonds. The van der Waals surface area contributed by atoms with Crippen molar-refractivity contribution >= 4 is 0 Å². The van der Waals surface area contributed by atoms with Gasteiger partial charge in [-0.1, -0.05) is 64.7 Å². The summed E-state index contributed by atoms with van der Waals surface area (Å²) in [5.74, 6) is 0. The lowest BCUT2D eigenvalue weighted by molar-refractivity contribution is -0.0368. The first-order valence-electron chi connectivity index (χ1n) is 7.34. The fourth-order valence-corrected chi connectivity index (χ4v) is 2.39. The first kappa shape index (κ1) is 14.0. The first-order chi connectivity index (χ1) is 7.83. The lowest BCUT2D eigenvalue weighted by Crippen LogP contribution is -2.27. The zero-order chi connectivity index (χ0) is 11.6. The minimum atomic E-state index is 0.508. The molecule has 1 radical (unpaired) electrons. The molecule has 1 aliphatic rings. The number of hydrogen-bond acceptors (Lipinski definition) is 1. The van der Waals surface area contributed by atoms with E-state index < -0.39 is 0 Å². The van der Waals surface area contributed by atoms with E-state index in [9.17, 15) is 0 Å². The third-order valence-electron chi connectivity index (χ3n) is 3.44. The summed E-state index contributed by atoms with van der Waals surface area (Å²) in [6, 6.07) is 0. The fourth-order valence-electron chi connectivity index (χ4n) is 2.39. The van der Waals surface area contributed by atoms with Crippen LogP contribution in [0.5, 0.6) is 0 Å². The van der Waals surface area contributed by atoms with E-state index in [4.69, 9.17) is 4.74 Å². The zero-order valence-electron chi connectivity index (χ0n) is 11.3. The second kappa shape index (κ2) is 9.04. The number of rotatable bonds is 10. The Kier molecular flexibility index (Phi) is 7.92. The lowest BCUT2D eigenvalue weighted by Gasteiger charge is -2.32. The molecule has 1 atom stereocenters. The third kappa shape index (κ3) is 6.52. The third-order valence-corrected chi connectivity index (χ3v) is 3.44. The van der Waals surface area contributed by atoms with Gasteiger partial charge in [0.05, 0.1) is 12.2 Å². The molecule has 16 heavy (non-hydrogen) atoms. The minimum Gasteiger partial charge on any atom is -0.369 e. The smallest absolute Gasteiger partial charge is 0.1000 e. The van der Waals surface area contributed by atoms with Crippen molar-refractivity contribution in [3.63, 3.8) is 0 Å². The predicted molar refractivity (Wildman–Crippen MR) is 70.3 cm³/mol. The van der Waals surface area contributed by atoms with Crippen LogP contribution in [0.4, 0.5) is 0 Å². The van der Waals surface area contributed by atoms with E-state index in [2.05, 4.69) is 13.8 Å². The maximum atomic E-state index is 5.53. The Morgan fingerprint density at radius 2 is 1.44 bits per heavy atom. The van der Waals surface area contributed by atoms with Crippen LogP contribution in [0.25, 0.3) is 0 Å². The van der Waals surface area contributed by atoms with Crippen LogP contribution >= 0.6 is 0 Å². The monoisotopic (exact) mass is 225 g/mol. The lowest BCUT2D eigenvalue weighted by atomic mass is 9.99. The largest absolute Gasteiger partial charge is 0.369 e. The minimum absolute atomic E-state index is 0.508. The van der Waals surface area contributed by atoms with Gasteiger partial charge in [0.1, 0.15) is 0 Å². The van der Waals surface area contributed by atoms with Gasteiger partial charge >= 0.3 is 0 Å². The Morgan fingerprint density at radius 1 is 0.938 bits per heavy atom. The standard InChI is InChI=1S/C15H29O/c1-3-4-5-6-7-8-9-10-11-12-15-13-14(2)16-15/h14H,3-13H2,1-2H3. The molecule has 0 saturated carbocycles. The Bertz CT molecular complexity index is 150. The fraction of sp³-hybridized carbons (Fsp3) is 0.933. The second-order valence-electron chi connectivity index (χ2n) is 5.25. The highest BCUT2D eigenvalue weighted by atomic mass is 16.5. The van der Waals surface area contributed by atoms with E-state index in [1.54, 1.807) is 0 Å². The van der Waals surface area contributed by atoms with Crippen LogP contribution in [-0.2, 0) is 4.74 Å². The summed E-state index contributed by atoms with van der Waals surface area (Å²) < 4.78 is 5.53. The van der Waals surface area contributed by atoms with Crippen LogP contribution in [0, 0.1) is 6.10 Å². The molecule has 0 spiro atoms. The van der Waals surface area contributed by atoms with Gasteiger partial charge in [-0.05, 0) is 13.3 Å². The Labute approximate surface area is 102 Å². The maximum absolute atomic E-state index is 5.53. The van der Waals surface area contributed by atoms with Crippen molar-refractivity contribution in [2.45, 2.75) is 90.6 Å². The van der Waals surface area contributed by atoms with Crippen molar-refractivity contribution in [2.75, 3.05) is 0 Å². The van der Waals surface area contributed by atoms with Gasteiger partial charge in [0.2, 0.25) is 0 Å². The van der Waals surface area contributed by atoms with Gasteiger partial charge in [-0.15, -0.1) is 0 Å². The predicted octanol–water partition coefficient (Wildman–Crippen LogP) is 5.25. The van der Waals surface area contributed by atoms with E-state index in [0.29, 0.717) is 6.10 Å². The highest BCUT2D eigenvalue weighted by Crippen LogP contribution is 2.31. The highest BCUT2D eigenvalue weighted by molar-refractivity contribution is 4.90. The van der Waals surface area contributed by atoms with Gasteiger partial charge in [-0.3, -0.25) is 0 Å². The van der Waals surface area contributed by atoms with E-state index in [1.807, 2.05) is 0 Å². The van der Waals surface area contributed by atoms with Gasteiger partial charge in [-0.2, -0.15) is 0 Å². The topological polar surface area (TPSA) is 9.23 Å². The summed E-state index contributed by atoms with van der Waals surface area (Å²) in [7, 11) is 0. The summed E-state index contributed by atoms with van der Waals surface area (Å²) >= 11 is 0. The van der Waals surface area contributed by atoms with Crippen molar-refractivity contribution in [3.05, 3.63) is 6.10 Å². The molecule has 0 aromatic rings. The van der Waals surface area contributed by atoms with Crippen molar-refractivity contribution in [1.29, 1.82) is 0 Å². The first-order valence-corrected chi connectivity index (χ1v) is 7.34. The molecule has 1 unspecified atom stereocenters. The molecule has 1 aliphatic heterocycles. The Morgan fingerprint density at radius 3 is 1.94 bits per heavy atom. The maximum Gasteiger partial charge on any atom is 0.1000 e. The highest BCUT2D eigenvalue weighted by Gasteiger charge is 2.26. The molecular formula is C15H29O. The molecule has 1 heterocycles. The summed E-state index contributed by atoms with van der Waals surface area (Å²) in [6.45, 7) is 4.43. The molecule has 1 heteroatoms. The SMILES string of the molecule is CCCCCCCCCCC[C]1CC(C)O1. The van der Waals surface area contributed by atoms with Crippen molar-refractivity contribution in [1.82, 2.24) is 0 Å². The number of unbranched alkanes of at least 4 members (excludes halogenated alkanes) is 8. The quantitative estimate of drug-likeness (QED) is 0.461. The molecule has 1 saturated heterocycles. The number of ether oxygens (including phenoxy) is 1. The van der Waals surface area contributed by atoms with Gasteiger partial charge in [0.15, 0.2) is 0 Å². The Balaban J connectivity index is 1.68. The average molecular weight is 225 g/mol. The van der Waals surface area contributed by atoms with Crippen LogP contribution in [0.3, 0.4) is 0 Å². The van der Waals surface area contributed by atoms with Gasteiger partial charge in [-0.25, -0.2) is 0 Å². The van der Waals surface area contributed by atoms with E-state index in [1.165, 1.54) is 76.7 Å². The summed E-state index contributed by atoms with van der Waals surface area (Å²) in [4.78, 5) is 0. The Hall–Kier alpha value is -0.0400. The summed E-state index contributed by atoms with van der Waals surface area (Å²) in [5.41, 5.74) is 0. The van der Waals surface area contributed by atoms with E-state index in [-0.39, 0.29) is 0 Å². The van der Waals surface area contributed by atoms with Gasteiger partial charge in [0.25, 0.3) is 0 Å². The van der Waals surface area contributed by atoms with Crippen molar-refractivity contribution in [2.24, 2.45) is 0 Å². The molecule has 0 aliphatic carbocycles. The molecule has 0 N–H and O–H groups in total. The second-order valence-corrected chi connectivity index (χ2v) is 5.25. The van der Waals surface area contributed by atoms with E-state index in [0.717, 1.165) is 0 Å². The normalized spacial score (nSPS) is 21.0. The molecule has 0 aromatic carbocycles. The number of hydrogen-bond donors (Lipinski definition) is 0. The molecule has 0 aromatic heterocycles. The van der Waals surface area contributed by atoms with Crippen LogP contribution in [0.15, 0.2) is 0 Å². The summed E-state index contributed by atoms with van der Waals surface area (Å²) in [6.07, 6.45) is 17.0. The van der Waals surface area contributed by atoms with Crippen LogP contribution < -0.4 is 0 Å². The molecule has 95 valence electrons. The summed E-state index contributed by atoms with van der Waals surface area (Å²) in [5, 5.41) is 0. The molecular weight excluding hydrogens is 196 g/mol.